The fraction of sp³-hybridized carbons (Fsp3) is 0.160. The molecule has 0 fully saturated rings. The average Bonchev–Trinajstić information content (AvgIpc) is 2.81. The Morgan fingerprint density at radius 3 is 2.30 bits per heavy atom. The highest BCUT2D eigenvalue weighted by Crippen LogP contribution is 2.35. The van der Waals surface area contributed by atoms with Crippen molar-refractivity contribution in [2.45, 2.75) is 25.2 Å². The molecule has 33 heavy (non-hydrogen) atoms. The molecule has 0 spiro atoms. The number of pyridine rings is 2. The minimum atomic E-state index is -4.65. The molecule has 0 saturated heterocycles. The standard InChI is InChI=1S/C25H20F3N3O2/c1-15(32)16-6-9-18(10-7-16)22(23-20(25(26,27)28)5-3-13-30-23)31-24(33)19-11-8-17-4-2-12-29-21(17)14-19/h2-15,22,32H,1H3,(H,31,33). The number of hydrogen-bond acceptors (Lipinski definition) is 4. The van der Waals surface area contributed by atoms with Crippen LogP contribution in [0.3, 0.4) is 0 Å². The molecule has 4 rings (SSSR count). The van der Waals surface area contributed by atoms with Gasteiger partial charge in [0.15, 0.2) is 0 Å². The van der Waals surface area contributed by atoms with Gasteiger partial charge in [-0.2, -0.15) is 13.2 Å². The number of carbonyl (C=O) groups excluding carboxylic acids is 1. The Balaban J connectivity index is 1.76. The number of nitrogens with zero attached hydrogens (tertiary/aromatic N) is 2. The normalized spacial score (nSPS) is 13.5. The highest BCUT2D eigenvalue weighted by atomic mass is 19.4. The van der Waals surface area contributed by atoms with E-state index in [0.29, 0.717) is 16.6 Å². The summed E-state index contributed by atoms with van der Waals surface area (Å²) in [5, 5.41) is 13.3. The lowest BCUT2D eigenvalue weighted by Gasteiger charge is -2.23. The molecule has 0 aliphatic carbocycles. The van der Waals surface area contributed by atoms with Gasteiger partial charge >= 0.3 is 6.18 Å². The van der Waals surface area contributed by atoms with Crippen LogP contribution in [0, 0.1) is 0 Å². The average molecular weight is 451 g/mol. The van der Waals surface area contributed by atoms with Gasteiger partial charge in [-0.25, -0.2) is 0 Å². The Labute approximate surface area is 187 Å². The fourth-order valence-electron chi connectivity index (χ4n) is 3.59. The van der Waals surface area contributed by atoms with Crippen LogP contribution >= 0.6 is 0 Å². The van der Waals surface area contributed by atoms with Crippen LogP contribution in [-0.2, 0) is 6.18 Å². The smallest absolute Gasteiger partial charge is 0.389 e. The van der Waals surface area contributed by atoms with Crippen LogP contribution in [0.4, 0.5) is 13.2 Å². The van der Waals surface area contributed by atoms with E-state index in [-0.39, 0.29) is 11.3 Å². The van der Waals surface area contributed by atoms with Gasteiger partial charge in [-0.05, 0) is 48.4 Å². The van der Waals surface area contributed by atoms with Gasteiger partial charge in [-0.1, -0.05) is 36.4 Å². The molecule has 0 aliphatic rings. The molecule has 168 valence electrons. The SMILES string of the molecule is CC(O)c1ccc(C(NC(=O)c2ccc3cccnc3c2)c2ncccc2C(F)(F)F)cc1. The van der Waals surface area contributed by atoms with Crippen LogP contribution in [0.1, 0.15) is 51.8 Å². The maximum absolute atomic E-state index is 13.7. The van der Waals surface area contributed by atoms with E-state index in [0.717, 1.165) is 11.5 Å². The number of aliphatic hydroxyl groups excluding tert-OH is 1. The third-order valence-corrected chi connectivity index (χ3v) is 5.31. The Bertz CT molecular complexity index is 1290. The summed E-state index contributed by atoms with van der Waals surface area (Å²) < 4.78 is 41.2. The van der Waals surface area contributed by atoms with E-state index < -0.39 is 29.8 Å². The summed E-state index contributed by atoms with van der Waals surface area (Å²) in [6.45, 7) is 1.59. The van der Waals surface area contributed by atoms with E-state index in [1.54, 1.807) is 61.7 Å². The number of nitrogens with one attached hydrogen (secondary N) is 1. The minimum absolute atomic E-state index is 0.260. The van der Waals surface area contributed by atoms with Crippen LogP contribution in [0.2, 0.25) is 0 Å². The van der Waals surface area contributed by atoms with Crippen LogP contribution in [-0.4, -0.2) is 21.0 Å². The number of aliphatic hydroxyl groups is 1. The number of aromatic nitrogens is 2. The van der Waals surface area contributed by atoms with Crippen molar-refractivity contribution in [1.82, 2.24) is 15.3 Å². The van der Waals surface area contributed by atoms with Gasteiger partial charge in [0, 0.05) is 23.3 Å². The van der Waals surface area contributed by atoms with Crippen molar-refractivity contribution in [3.8, 4) is 0 Å². The van der Waals surface area contributed by atoms with Crippen molar-refractivity contribution in [3.63, 3.8) is 0 Å². The lowest BCUT2D eigenvalue weighted by Crippen LogP contribution is -2.31. The van der Waals surface area contributed by atoms with Gasteiger partial charge in [0.25, 0.3) is 5.91 Å². The van der Waals surface area contributed by atoms with Crippen molar-refractivity contribution >= 4 is 16.8 Å². The Morgan fingerprint density at radius 2 is 1.61 bits per heavy atom. The van der Waals surface area contributed by atoms with Crippen LogP contribution in [0.5, 0.6) is 0 Å². The minimum Gasteiger partial charge on any atom is -0.389 e. The summed E-state index contributed by atoms with van der Waals surface area (Å²) in [5.41, 5.74) is 0.600. The molecule has 0 aliphatic heterocycles. The molecule has 1 amide bonds. The molecule has 2 aromatic heterocycles. The molecule has 2 heterocycles. The van der Waals surface area contributed by atoms with Crippen LogP contribution < -0.4 is 5.32 Å². The zero-order chi connectivity index (χ0) is 23.6. The number of carbonyl (C=O) groups is 1. The second-order valence-corrected chi connectivity index (χ2v) is 7.59. The van der Waals surface area contributed by atoms with E-state index in [2.05, 4.69) is 15.3 Å². The largest absolute Gasteiger partial charge is 0.418 e. The fourth-order valence-corrected chi connectivity index (χ4v) is 3.59. The summed E-state index contributed by atoms with van der Waals surface area (Å²) in [4.78, 5) is 21.3. The van der Waals surface area contributed by atoms with Gasteiger partial charge in [-0.3, -0.25) is 14.8 Å². The monoisotopic (exact) mass is 451 g/mol. The first-order chi connectivity index (χ1) is 15.7. The topological polar surface area (TPSA) is 75.1 Å². The zero-order valence-corrected chi connectivity index (χ0v) is 17.5. The van der Waals surface area contributed by atoms with E-state index in [1.165, 1.54) is 12.3 Å². The summed E-state index contributed by atoms with van der Waals surface area (Å²) >= 11 is 0. The maximum atomic E-state index is 13.7. The Morgan fingerprint density at radius 1 is 0.939 bits per heavy atom. The zero-order valence-electron chi connectivity index (χ0n) is 17.5. The number of alkyl halides is 3. The predicted molar refractivity (Wildman–Crippen MR) is 117 cm³/mol. The molecule has 0 saturated carbocycles. The molecule has 2 aromatic carbocycles. The number of benzene rings is 2. The molecule has 2 N–H and O–H groups in total. The van der Waals surface area contributed by atoms with Crippen molar-refractivity contribution < 1.29 is 23.1 Å². The first-order valence-electron chi connectivity index (χ1n) is 10.2. The van der Waals surface area contributed by atoms with E-state index >= 15 is 0 Å². The third-order valence-electron chi connectivity index (χ3n) is 5.31. The van der Waals surface area contributed by atoms with E-state index in [4.69, 9.17) is 0 Å². The van der Waals surface area contributed by atoms with Crippen LogP contribution in [0.25, 0.3) is 10.9 Å². The molecule has 8 heteroatoms. The van der Waals surface area contributed by atoms with Crippen molar-refractivity contribution in [1.29, 1.82) is 0 Å². The highest BCUT2D eigenvalue weighted by molar-refractivity contribution is 5.98. The number of fused-ring (bicyclic) bond motifs is 1. The van der Waals surface area contributed by atoms with Crippen LogP contribution in [0.15, 0.2) is 79.1 Å². The molecule has 2 atom stereocenters. The molecular formula is C25H20F3N3O2. The van der Waals surface area contributed by atoms with Gasteiger partial charge in [0.1, 0.15) is 0 Å². The highest BCUT2D eigenvalue weighted by Gasteiger charge is 2.37. The molecule has 5 nitrogen and oxygen atoms in total. The van der Waals surface area contributed by atoms with Gasteiger partial charge in [0.2, 0.25) is 0 Å². The second-order valence-electron chi connectivity index (χ2n) is 7.59. The van der Waals surface area contributed by atoms with Crippen molar-refractivity contribution in [2.24, 2.45) is 0 Å². The Kier molecular flexibility index (Phi) is 6.11. The van der Waals surface area contributed by atoms with Gasteiger partial charge < -0.3 is 10.4 Å². The number of rotatable bonds is 5. The van der Waals surface area contributed by atoms with E-state index in [9.17, 15) is 23.1 Å². The second kappa shape index (κ2) is 8.99. The first-order valence-corrected chi connectivity index (χ1v) is 10.2. The maximum Gasteiger partial charge on any atom is 0.418 e. The molecule has 4 aromatic rings. The molecule has 0 bridgehead atoms. The number of amides is 1. The van der Waals surface area contributed by atoms with Gasteiger partial charge in [-0.15, -0.1) is 0 Å². The number of halogens is 3. The number of hydrogen-bond donors (Lipinski definition) is 2. The quantitative estimate of drug-likeness (QED) is 0.436. The lowest BCUT2D eigenvalue weighted by atomic mass is 9.96. The summed E-state index contributed by atoms with van der Waals surface area (Å²) in [7, 11) is 0. The molecule has 0 radical (unpaired) electrons. The predicted octanol–water partition coefficient (Wildman–Crippen LogP) is 5.22. The Hall–Kier alpha value is -3.78. The third kappa shape index (κ3) is 4.85. The van der Waals surface area contributed by atoms with Crippen molar-refractivity contribution in [3.05, 3.63) is 107 Å². The first kappa shape index (κ1) is 22.4. The molecule has 2 unspecified atom stereocenters. The lowest BCUT2D eigenvalue weighted by molar-refractivity contribution is -0.138. The summed E-state index contributed by atoms with van der Waals surface area (Å²) in [5.74, 6) is -0.564. The molecular weight excluding hydrogens is 431 g/mol. The van der Waals surface area contributed by atoms with Gasteiger partial charge in [0.05, 0.1) is 28.9 Å². The summed E-state index contributed by atoms with van der Waals surface area (Å²) in [6, 6.07) is 15.9. The van der Waals surface area contributed by atoms with Crippen molar-refractivity contribution in [2.75, 3.05) is 0 Å². The van der Waals surface area contributed by atoms with E-state index in [1.807, 2.05) is 6.07 Å². The summed E-state index contributed by atoms with van der Waals surface area (Å²) in [6.07, 6.45) is -2.54.